The summed E-state index contributed by atoms with van der Waals surface area (Å²) in [5, 5.41) is 0. The summed E-state index contributed by atoms with van der Waals surface area (Å²) >= 11 is 0. The quantitative estimate of drug-likeness (QED) is 0.729. The lowest BCUT2D eigenvalue weighted by molar-refractivity contribution is 0.251. The highest BCUT2D eigenvalue weighted by Crippen LogP contribution is 2.43. The summed E-state index contributed by atoms with van der Waals surface area (Å²) in [5.74, 6) is 0. The molecule has 152 valence electrons. The zero-order valence-electron chi connectivity index (χ0n) is 16.5. The number of fused-ring (bicyclic) bond motifs is 2. The van der Waals surface area contributed by atoms with E-state index in [-0.39, 0.29) is 18.4 Å². The second kappa shape index (κ2) is 7.13. The first-order chi connectivity index (χ1) is 13.8. The molecule has 2 aromatic rings. The molecule has 2 heterocycles. The molecule has 2 aromatic carbocycles. The molecule has 2 aliphatic carbocycles. The van der Waals surface area contributed by atoms with Crippen molar-refractivity contribution in [1.82, 2.24) is 0 Å². The van der Waals surface area contributed by atoms with Gasteiger partial charge in [0.1, 0.15) is 0 Å². The van der Waals surface area contributed by atoms with Gasteiger partial charge in [-0.2, -0.15) is 0 Å². The summed E-state index contributed by atoms with van der Waals surface area (Å²) in [5.41, 5.74) is 4.56. The number of hydrogen-bond acceptors (Lipinski definition) is 3. The molecule has 6 heteroatoms. The van der Waals surface area contributed by atoms with Crippen molar-refractivity contribution in [1.29, 1.82) is 0 Å². The van der Waals surface area contributed by atoms with Crippen LogP contribution < -0.4 is 19.6 Å². The van der Waals surface area contributed by atoms with Gasteiger partial charge in [0.05, 0.1) is 22.7 Å². The van der Waals surface area contributed by atoms with Gasteiger partial charge in [0.2, 0.25) is 0 Å². The molecule has 0 aromatic heterocycles. The van der Waals surface area contributed by atoms with E-state index in [9.17, 15) is 4.79 Å². The Labute approximate surface area is 178 Å². The Bertz CT molecular complexity index is 853. The first kappa shape index (κ1) is 18.6. The van der Waals surface area contributed by atoms with Crippen LogP contribution in [-0.4, -0.2) is 44.3 Å². The zero-order valence-corrected chi connectivity index (χ0v) is 17.4. The van der Waals surface area contributed by atoms with Gasteiger partial charge in [-0.25, -0.2) is 4.79 Å². The van der Waals surface area contributed by atoms with E-state index in [4.69, 9.17) is 0 Å². The fourth-order valence-corrected chi connectivity index (χ4v) is 4.84. The van der Waals surface area contributed by atoms with Crippen LogP contribution in [0.25, 0.3) is 0 Å². The summed E-state index contributed by atoms with van der Waals surface area (Å²) in [6, 6.07) is 18.3. The van der Waals surface area contributed by atoms with Gasteiger partial charge in [0, 0.05) is 38.3 Å². The highest BCUT2D eigenvalue weighted by molar-refractivity contribution is 6.08. The number of rotatable bonds is 2. The molecule has 0 saturated heterocycles. The SMILES string of the molecule is Cl.O=C(N1CCN(C2CC2)c2ccccc21)N1CCN(C2CC2)c2ccccc21. The van der Waals surface area contributed by atoms with Gasteiger partial charge in [0.15, 0.2) is 0 Å². The van der Waals surface area contributed by atoms with Crippen LogP contribution in [0.3, 0.4) is 0 Å². The predicted molar refractivity (Wildman–Crippen MR) is 121 cm³/mol. The Morgan fingerprint density at radius 1 is 0.621 bits per heavy atom. The minimum atomic E-state index is 0. The molecular weight excluding hydrogens is 384 g/mol. The number of para-hydroxylation sites is 4. The highest BCUT2D eigenvalue weighted by atomic mass is 35.5. The second-order valence-corrected chi connectivity index (χ2v) is 8.41. The van der Waals surface area contributed by atoms with Gasteiger partial charge in [-0.3, -0.25) is 9.80 Å². The molecule has 0 spiro atoms. The highest BCUT2D eigenvalue weighted by Gasteiger charge is 2.39. The molecule has 4 aliphatic rings. The van der Waals surface area contributed by atoms with Crippen LogP contribution >= 0.6 is 12.4 Å². The molecule has 0 radical (unpaired) electrons. The number of nitrogens with zero attached hydrogens (tertiary/aromatic N) is 4. The van der Waals surface area contributed by atoms with Crippen LogP contribution in [0.15, 0.2) is 48.5 Å². The molecule has 2 amide bonds. The number of amides is 2. The Morgan fingerprint density at radius 2 is 1.00 bits per heavy atom. The van der Waals surface area contributed by atoms with Crippen LogP contribution in [0.4, 0.5) is 27.5 Å². The van der Waals surface area contributed by atoms with Crippen molar-refractivity contribution in [2.75, 3.05) is 45.8 Å². The molecule has 0 bridgehead atoms. The molecule has 2 aliphatic heterocycles. The molecule has 2 fully saturated rings. The fourth-order valence-electron chi connectivity index (χ4n) is 4.84. The lowest BCUT2D eigenvalue weighted by Gasteiger charge is -2.43. The van der Waals surface area contributed by atoms with Crippen molar-refractivity contribution in [3.63, 3.8) is 0 Å². The van der Waals surface area contributed by atoms with Crippen LogP contribution in [-0.2, 0) is 0 Å². The van der Waals surface area contributed by atoms with E-state index in [0.717, 1.165) is 37.6 Å². The van der Waals surface area contributed by atoms with E-state index in [1.165, 1.54) is 37.1 Å². The predicted octanol–water partition coefficient (Wildman–Crippen LogP) is 4.51. The summed E-state index contributed by atoms with van der Waals surface area (Å²) in [6.45, 7) is 3.38. The summed E-state index contributed by atoms with van der Waals surface area (Å²) in [4.78, 5) is 22.7. The van der Waals surface area contributed by atoms with Crippen molar-refractivity contribution >= 4 is 41.2 Å². The normalized spacial score (nSPS) is 20.7. The van der Waals surface area contributed by atoms with Crippen LogP contribution in [0.1, 0.15) is 25.7 Å². The van der Waals surface area contributed by atoms with Crippen LogP contribution in [0.2, 0.25) is 0 Å². The summed E-state index contributed by atoms with van der Waals surface area (Å²) < 4.78 is 0. The lowest BCUT2D eigenvalue weighted by atomic mass is 10.1. The first-order valence-electron chi connectivity index (χ1n) is 10.6. The third kappa shape index (κ3) is 3.12. The maximum absolute atomic E-state index is 13.7. The topological polar surface area (TPSA) is 30.0 Å². The average molecular weight is 411 g/mol. The van der Waals surface area contributed by atoms with Gasteiger partial charge in [-0.05, 0) is 49.9 Å². The smallest absolute Gasteiger partial charge is 0.329 e. The maximum Gasteiger partial charge on any atom is 0.329 e. The fraction of sp³-hybridized carbons (Fsp3) is 0.435. The van der Waals surface area contributed by atoms with E-state index < -0.39 is 0 Å². The van der Waals surface area contributed by atoms with E-state index >= 15 is 0 Å². The van der Waals surface area contributed by atoms with Gasteiger partial charge >= 0.3 is 6.03 Å². The zero-order chi connectivity index (χ0) is 18.7. The number of benzene rings is 2. The van der Waals surface area contributed by atoms with Gasteiger partial charge in [-0.15, -0.1) is 12.4 Å². The Balaban J connectivity index is 0.00000181. The largest absolute Gasteiger partial charge is 0.365 e. The van der Waals surface area contributed by atoms with Crippen molar-refractivity contribution < 1.29 is 4.79 Å². The third-order valence-corrected chi connectivity index (χ3v) is 6.53. The number of urea groups is 1. The molecular formula is C23H27ClN4O. The number of anilines is 4. The second-order valence-electron chi connectivity index (χ2n) is 8.41. The van der Waals surface area contributed by atoms with Crippen LogP contribution in [0, 0.1) is 0 Å². The van der Waals surface area contributed by atoms with E-state index in [2.05, 4.69) is 58.3 Å². The Kier molecular flexibility index (Phi) is 4.58. The minimum Gasteiger partial charge on any atom is -0.365 e. The molecule has 0 N–H and O–H groups in total. The standard InChI is InChI=1S/C23H26N4O.ClH/c28-23(26-15-13-24(17-9-10-17)19-5-1-3-7-21(19)26)27-16-14-25(18-11-12-18)20-6-2-4-8-22(20)27;/h1-8,17-18H,9-16H2;1H. The van der Waals surface area contributed by atoms with Crippen molar-refractivity contribution in [2.24, 2.45) is 0 Å². The van der Waals surface area contributed by atoms with Gasteiger partial charge < -0.3 is 9.80 Å². The van der Waals surface area contributed by atoms with E-state index in [0.29, 0.717) is 12.1 Å². The maximum atomic E-state index is 13.7. The van der Waals surface area contributed by atoms with Crippen molar-refractivity contribution in [3.05, 3.63) is 48.5 Å². The van der Waals surface area contributed by atoms with Crippen molar-refractivity contribution in [2.45, 2.75) is 37.8 Å². The number of carbonyl (C=O) groups excluding carboxylic acids is 1. The number of halogens is 1. The van der Waals surface area contributed by atoms with Crippen molar-refractivity contribution in [3.8, 4) is 0 Å². The summed E-state index contributed by atoms with van der Waals surface area (Å²) in [7, 11) is 0. The first-order valence-corrected chi connectivity index (χ1v) is 10.6. The Hall–Kier alpha value is -2.40. The van der Waals surface area contributed by atoms with Crippen LogP contribution in [0.5, 0.6) is 0 Å². The molecule has 2 saturated carbocycles. The third-order valence-electron chi connectivity index (χ3n) is 6.53. The monoisotopic (exact) mass is 410 g/mol. The van der Waals surface area contributed by atoms with Gasteiger partial charge in [-0.1, -0.05) is 24.3 Å². The molecule has 6 rings (SSSR count). The number of carbonyl (C=O) groups is 1. The molecule has 5 nitrogen and oxygen atoms in total. The minimum absolute atomic E-state index is 0. The molecule has 0 atom stereocenters. The molecule has 0 unspecified atom stereocenters. The number of hydrogen-bond donors (Lipinski definition) is 0. The Morgan fingerprint density at radius 3 is 1.38 bits per heavy atom. The summed E-state index contributed by atoms with van der Waals surface area (Å²) in [6.07, 6.45) is 5.11. The van der Waals surface area contributed by atoms with E-state index in [1.807, 2.05) is 9.80 Å². The lowest BCUT2D eigenvalue weighted by Crippen LogP contribution is -2.53. The molecule has 29 heavy (non-hydrogen) atoms. The average Bonchev–Trinajstić information content (AvgIpc) is 3.65. The van der Waals surface area contributed by atoms with Gasteiger partial charge in [0.25, 0.3) is 0 Å². The van der Waals surface area contributed by atoms with E-state index in [1.54, 1.807) is 0 Å².